The Labute approximate surface area is 170 Å². The van der Waals surface area contributed by atoms with Gasteiger partial charge in [0.2, 0.25) is 5.91 Å². The topological polar surface area (TPSA) is 67.6 Å². The number of para-hydroxylation sites is 3. The highest BCUT2D eigenvalue weighted by atomic mass is 16.5. The summed E-state index contributed by atoms with van der Waals surface area (Å²) in [5.74, 6) is 1.80. The minimum Gasteiger partial charge on any atom is -0.496 e. The van der Waals surface area contributed by atoms with Crippen molar-refractivity contribution in [1.82, 2.24) is 15.2 Å². The Morgan fingerprint density at radius 3 is 2.90 bits per heavy atom. The number of carbonyl (C=O) groups excluding carboxylic acids is 1. The smallest absolute Gasteiger partial charge is 0.234 e. The fraction of sp³-hybridized carbons (Fsp3) is 0.391. The zero-order valence-electron chi connectivity index (χ0n) is 16.9. The number of carbonyl (C=O) groups is 1. The Hall–Kier alpha value is -2.86. The molecule has 1 aliphatic rings. The molecule has 4 rings (SSSR count). The van der Waals surface area contributed by atoms with E-state index in [1.165, 1.54) is 0 Å². The molecule has 152 valence electrons. The van der Waals surface area contributed by atoms with Gasteiger partial charge in [-0.1, -0.05) is 30.3 Å². The van der Waals surface area contributed by atoms with Crippen LogP contribution in [0.4, 0.5) is 0 Å². The van der Waals surface area contributed by atoms with E-state index in [0.717, 1.165) is 54.2 Å². The van der Waals surface area contributed by atoms with Crippen molar-refractivity contribution >= 4 is 17.0 Å². The van der Waals surface area contributed by atoms with E-state index in [4.69, 9.17) is 9.15 Å². The molecule has 1 amide bonds. The number of methoxy groups -OCH3 is 1. The number of piperidine rings is 1. The molecule has 2 atom stereocenters. The summed E-state index contributed by atoms with van der Waals surface area (Å²) in [7, 11) is 1.65. The monoisotopic (exact) mass is 393 g/mol. The number of nitrogens with one attached hydrogen (secondary N) is 1. The lowest BCUT2D eigenvalue weighted by atomic mass is 9.98. The molecule has 3 aromatic rings. The third-order valence-electron chi connectivity index (χ3n) is 5.52. The lowest BCUT2D eigenvalue weighted by molar-refractivity contribution is -0.123. The Morgan fingerprint density at radius 2 is 2.07 bits per heavy atom. The van der Waals surface area contributed by atoms with Crippen molar-refractivity contribution in [2.45, 2.75) is 31.7 Å². The molecule has 6 nitrogen and oxygen atoms in total. The van der Waals surface area contributed by atoms with Gasteiger partial charge in [-0.3, -0.25) is 9.69 Å². The van der Waals surface area contributed by atoms with Crippen molar-refractivity contribution in [1.29, 1.82) is 0 Å². The van der Waals surface area contributed by atoms with Crippen molar-refractivity contribution in [3.05, 3.63) is 60.0 Å². The Kier molecular flexibility index (Phi) is 5.81. The number of aromatic nitrogens is 1. The van der Waals surface area contributed by atoms with Crippen LogP contribution in [0.5, 0.6) is 5.75 Å². The number of hydrogen-bond donors (Lipinski definition) is 1. The van der Waals surface area contributed by atoms with Crippen LogP contribution in [0.2, 0.25) is 0 Å². The molecule has 0 aliphatic carbocycles. The molecule has 29 heavy (non-hydrogen) atoms. The summed E-state index contributed by atoms with van der Waals surface area (Å²) in [5, 5.41) is 3.09. The van der Waals surface area contributed by atoms with Crippen LogP contribution in [0.3, 0.4) is 0 Å². The summed E-state index contributed by atoms with van der Waals surface area (Å²) >= 11 is 0. The van der Waals surface area contributed by atoms with Crippen LogP contribution in [-0.4, -0.2) is 42.5 Å². The Bertz CT molecular complexity index is 951. The maximum Gasteiger partial charge on any atom is 0.234 e. The highest BCUT2D eigenvalue weighted by Crippen LogP contribution is 2.29. The number of hydrogen-bond acceptors (Lipinski definition) is 5. The highest BCUT2D eigenvalue weighted by Gasteiger charge is 2.27. The average Bonchev–Trinajstić information content (AvgIpc) is 3.18. The molecule has 0 saturated carbocycles. The van der Waals surface area contributed by atoms with E-state index < -0.39 is 0 Å². The second-order valence-electron chi connectivity index (χ2n) is 7.63. The third-order valence-corrected chi connectivity index (χ3v) is 5.52. The fourth-order valence-electron chi connectivity index (χ4n) is 4.06. The summed E-state index contributed by atoms with van der Waals surface area (Å²) in [6.07, 6.45) is 2.06. The second kappa shape index (κ2) is 8.66. The van der Waals surface area contributed by atoms with Gasteiger partial charge in [-0.15, -0.1) is 0 Å². The summed E-state index contributed by atoms with van der Waals surface area (Å²) in [6.45, 7) is 4.04. The van der Waals surface area contributed by atoms with Crippen LogP contribution >= 0.6 is 0 Å². The Morgan fingerprint density at radius 1 is 1.28 bits per heavy atom. The quantitative estimate of drug-likeness (QED) is 0.688. The lowest BCUT2D eigenvalue weighted by Crippen LogP contribution is -2.42. The zero-order valence-corrected chi connectivity index (χ0v) is 16.9. The molecular formula is C23H27N3O3. The van der Waals surface area contributed by atoms with E-state index >= 15 is 0 Å². The van der Waals surface area contributed by atoms with Gasteiger partial charge in [-0.25, -0.2) is 4.98 Å². The highest BCUT2D eigenvalue weighted by molar-refractivity contribution is 5.78. The molecule has 1 aliphatic heterocycles. The first-order valence-corrected chi connectivity index (χ1v) is 10.1. The van der Waals surface area contributed by atoms with Gasteiger partial charge in [0.15, 0.2) is 11.5 Å². The van der Waals surface area contributed by atoms with Crippen molar-refractivity contribution in [3.63, 3.8) is 0 Å². The number of rotatable bonds is 6. The van der Waals surface area contributed by atoms with Crippen LogP contribution in [0.25, 0.3) is 11.1 Å². The number of fused-ring (bicyclic) bond motifs is 1. The van der Waals surface area contributed by atoms with E-state index in [1.807, 2.05) is 55.5 Å². The van der Waals surface area contributed by atoms with E-state index in [0.29, 0.717) is 6.54 Å². The number of benzene rings is 2. The number of amides is 1. The SMILES string of the molecule is COc1ccccc1[C@@H](C)NC(=O)CN1CCC[C@@H](c2nc3ccccc3o2)C1. The largest absolute Gasteiger partial charge is 0.496 e. The van der Waals surface area contributed by atoms with Crippen molar-refractivity contribution in [3.8, 4) is 5.75 Å². The Balaban J connectivity index is 1.37. The predicted molar refractivity (Wildman–Crippen MR) is 112 cm³/mol. The molecule has 2 aromatic carbocycles. The van der Waals surface area contributed by atoms with E-state index in [9.17, 15) is 4.79 Å². The maximum atomic E-state index is 12.6. The first-order valence-electron chi connectivity index (χ1n) is 10.1. The standard InChI is InChI=1S/C23H27N3O3/c1-16(18-9-3-5-11-20(18)28-2)24-22(27)15-26-13-7-8-17(14-26)23-25-19-10-4-6-12-21(19)29-23/h3-6,9-12,16-17H,7-8,13-15H2,1-2H3,(H,24,27)/t16-,17-/m1/s1. The van der Waals surface area contributed by atoms with Crippen LogP contribution in [-0.2, 0) is 4.79 Å². The molecule has 0 bridgehead atoms. The molecule has 1 saturated heterocycles. The van der Waals surface area contributed by atoms with Gasteiger partial charge in [-0.05, 0) is 44.5 Å². The van der Waals surface area contributed by atoms with Gasteiger partial charge in [-0.2, -0.15) is 0 Å². The van der Waals surface area contributed by atoms with Gasteiger partial charge < -0.3 is 14.5 Å². The van der Waals surface area contributed by atoms with Crippen LogP contribution < -0.4 is 10.1 Å². The first kappa shape index (κ1) is 19.5. The first-order chi connectivity index (χ1) is 14.1. The summed E-state index contributed by atoms with van der Waals surface area (Å²) in [5.41, 5.74) is 2.69. The van der Waals surface area contributed by atoms with Gasteiger partial charge >= 0.3 is 0 Å². The van der Waals surface area contributed by atoms with Crippen molar-refractivity contribution < 1.29 is 13.9 Å². The number of oxazole rings is 1. The summed E-state index contributed by atoms with van der Waals surface area (Å²) in [4.78, 5) is 19.5. The molecule has 0 radical (unpaired) electrons. The minimum absolute atomic E-state index is 0.0154. The summed E-state index contributed by atoms with van der Waals surface area (Å²) < 4.78 is 11.4. The third kappa shape index (κ3) is 4.43. The molecular weight excluding hydrogens is 366 g/mol. The normalized spacial score (nSPS) is 18.5. The molecule has 1 N–H and O–H groups in total. The predicted octanol–water partition coefficient (Wildman–Crippen LogP) is 3.89. The van der Waals surface area contributed by atoms with Crippen molar-refractivity contribution in [2.24, 2.45) is 0 Å². The lowest BCUT2D eigenvalue weighted by Gasteiger charge is -2.31. The maximum absolute atomic E-state index is 12.6. The number of likely N-dealkylation sites (tertiary alicyclic amines) is 1. The molecule has 1 fully saturated rings. The summed E-state index contributed by atoms with van der Waals surface area (Å²) in [6, 6.07) is 15.5. The van der Waals surface area contributed by atoms with E-state index in [2.05, 4.69) is 15.2 Å². The minimum atomic E-state index is -0.115. The van der Waals surface area contributed by atoms with E-state index in [1.54, 1.807) is 7.11 Å². The molecule has 2 heterocycles. The average molecular weight is 393 g/mol. The second-order valence-corrected chi connectivity index (χ2v) is 7.63. The van der Waals surface area contributed by atoms with Crippen LogP contribution in [0, 0.1) is 0 Å². The van der Waals surface area contributed by atoms with E-state index in [-0.39, 0.29) is 17.9 Å². The van der Waals surface area contributed by atoms with Gasteiger partial charge in [0, 0.05) is 18.0 Å². The number of nitrogens with zero attached hydrogens (tertiary/aromatic N) is 2. The van der Waals surface area contributed by atoms with Gasteiger partial charge in [0.25, 0.3) is 0 Å². The number of ether oxygens (including phenoxy) is 1. The molecule has 0 spiro atoms. The molecule has 6 heteroatoms. The van der Waals surface area contributed by atoms with Crippen LogP contribution in [0.1, 0.15) is 43.2 Å². The van der Waals surface area contributed by atoms with Crippen molar-refractivity contribution in [2.75, 3.05) is 26.7 Å². The van der Waals surface area contributed by atoms with Crippen LogP contribution in [0.15, 0.2) is 52.9 Å². The van der Waals surface area contributed by atoms with Gasteiger partial charge in [0.1, 0.15) is 11.3 Å². The fourth-order valence-corrected chi connectivity index (χ4v) is 4.06. The van der Waals surface area contributed by atoms with Gasteiger partial charge in [0.05, 0.1) is 19.7 Å². The zero-order chi connectivity index (χ0) is 20.2. The molecule has 0 unspecified atom stereocenters. The molecule has 1 aromatic heterocycles.